The maximum atomic E-state index is 13.3. The molecule has 1 unspecified atom stereocenters. The van der Waals surface area contributed by atoms with Crippen molar-refractivity contribution in [1.82, 2.24) is 4.90 Å². The Labute approximate surface area is 222 Å². The molecular formula is C28H26F3N3O3S. The third-order valence-corrected chi connectivity index (χ3v) is 6.92. The predicted molar refractivity (Wildman–Crippen MR) is 143 cm³/mol. The fraction of sp³-hybridized carbons (Fsp3) is 0.250. The lowest BCUT2D eigenvalue weighted by Crippen LogP contribution is -2.46. The van der Waals surface area contributed by atoms with Crippen molar-refractivity contribution < 1.29 is 27.5 Å². The van der Waals surface area contributed by atoms with Gasteiger partial charge in [0.2, 0.25) is 11.8 Å². The second-order valence-corrected chi connectivity index (χ2v) is 9.65. The second-order valence-electron chi connectivity index (χ2n) is 8.48. The normalized spacial score (nSPS) is 16.9. The molecule has 0 aromatic heterocycles. The molecule has 3 aromatic rings. The molecule has 1 saturated heterocycles. The third kappa shape index (κ3) is 7.16. The number of thioether (sulfide) groups is 1. The number of halogens is 3. The van der Waals surface area contributed by atoms with E-state index in [1.807, 2.05) is 37.3 Å². The van der Waals surface area contributed by atoms with Crippen LogP contribution in [0.3, 0.4) is 0 Å². The zero-order valence-electron chi connectivity index (χ0n) is 20.6. The average molecular weight is 542 g/mol. The summed E-state index contributed by atoms with van der Waals surface area (Å²) in [4.78, 5) is 32.1. The molecule has 0 saturated carbocycles. The highest BCUT2D eigenvalue weighted by molar-refractivity contribution is 8.15. The highest BCUT2D eigenvalue weighted by atomic mass is 32.2. The predicted octanol–water partition coefficient (Wildman–Crippen LogP) is 6.31. The Morgan fingerprint density at radius 3 is 2.50 bits per heavy atom. The first-order valence-corrected chi connectivity index (χ1v) is 12.9. The quantitative estimate of drug-likeness (QED) is 0.363. The summed E-state index contributed by atoms with van der Waals surface area (Å²) in [6.45, 7) is 2.66. The van der Waals surface area contributed by atoms with Crippen LogP contribution in [0.5, 0.6) is 5.75 Å². The van der Waals surface area contributed by atoms with Gasteiger partial charge in [-0.25, -0.2) is 4.99 Å². The number of amides is 2. The van der Waals surface area contributed by atoms with Crippen molar-refractivity contribution in [3.63, 3.8) is 0 Å². The first kappa shape index (κ1) is 27.3. The minimum atomic E-state index is -4.53. The van der Waals surface area contributed by atoms with Gasteiger partial charge in [-0.2, -0.15) is 13.2 Å². The van der Waals surface area contributed by atoms with Gasteiger partial charge in [0.15, 0.2) is 5.17 Å². The lowest BCUT2D eigenvalue weighted by Gasteiger charge is -2.32. The largest absolute Gasteiger partial charge is 0.494 e. The number of hydrogen-bond acceptors (Lipinski definition) is 5. The minimum Gasteiger partial charge on any atom is -0.494 e. The lowest BCUT2D eigenvalue weighted by molar-refractivity contribution is -0.137. The number of alkyl halides is 3. The molecule has 38 heavy (non-hydrogen) atoms. The van der Waals surface area contributed by atoms with Gasteiger partial charge < -0.3 is 10.1 Å². The van der Waals surface area contributed by atoms with Crippen molar-refractivity contribution >= 4 is 40.1 Å². The van der Waals surface area contributed by atoms with Crippen molar-refractivity contribution in [2.45, 2.75) is 31.2 Å². The molecule has 10 heteroatoms. The van der Waals surface area contributed by atoms with Gasteiger partial charge in [0, 0.05) is 18.7 Å². The minimum absolute atomic E-state index is 0.0485. The van der Waals surface area contributed by atoms with Gasteiger partial charge >= 0.3 is 6.18 Å². The summed E-state index contributed by atoms with van der Waals surface area (Å²) in [5.41, 5.74) is 0.744. The molecule has 0 radical (unpaired) electrons. The Hall–Kier alpha value is -3.79. The Balaban J connectivity index is 1.56. The van der Waals surface area contributed by atoms with E-state index in [4.69, 9.17) is 4.74 Å². The van der Waals surface area contributed by atoms with Gasteiger partial charge in [0.05, 0.1) is 17.9 Å². The van der Waals surface area contributed by atoms with E-state index in [0.29, 0.717) is 24.5 Å². The van der Waals surface area contributed by atoms with Crippen molar-refractivity contribution in [2.24, 2.45) is 4.99 Å². The first-order valence-electron chi connectivity index (χ1n) is 12.0. The zero-order chi connectivity index (χ0) is 27.1. The van der Waals surface area contributed by atoms with Gasteiger partial charge in [0.1, 0.15) is 11.0 Å². The Bertz CT molecular complexity index is 1300. The van der Waals surface area contributed by atoms with Crippen molar-refractivity contribution in [2.75, 3.05) is 18.5 Å². The summed E-state index contributed by atoms with van der Waals surface area (Å²) in [5, 5.41) is 2.18. The fourth-order valence-electron chi connectivity index (χ4n) is 3.83. The molecule has 1 N–H and O–H groups in total. The molecule has 3 aromatic carbocycles. The fourth-order valence-corrected chi connectivity index (χ4v) is 4.96. The van der Waals surface area contributed by atoms with Gasteiger partial charge in [-0.3, -0.25) is 14.5 Å². The van der Waals surface area contributed by atoms with Crippen LogP contribution in [0.15, 0.2) is 83.9 Å². The van der Waals surface area contributed by atoms with Crippen LogP contribution in [0.4, 0.5) is 24.5 Å². The number of nitrogens with zero attached hydrogens (tertiary/aromatic N) is 2. The van der Waals surface area contributed by atoms with E-state index >= 15 is 0 Å². The highest BCUT2D eigenvalue weighted by Crippen LogP contribution is 2.34. The topological polar surface area (TPSA) is 71.0 Å². The maximum absolute atomic E-state index is 13.3. The molecule has 2 amide bonds. The van der Waals surface area contributed by atoms with E-state index in [1.54, 1.807) is 24.3 Å². The van der Waals surface area contributed by atoms with Crippen molar-refractivity contribution in [1.29, 1.82) is 0 Å². The summed E-state index contributed by atoms with van der Waals surface area (Å²) in [7, 11) is 0. The molecule has 1 fully saturated rings. The molecule has 0 bridgehead atoms. The number of amidine groups is 1. The number of carbonyl (C=O) groups is 2. The van der Waals surface area contributed by atoms with E-state index in [2.05, 4.69) is 10.3 Å². The zero-order valence-corrected chi connectivity index (χ0v) is 21.4. The lowest BCUT2D eigenvalue weighted by atomic mass is 10.1. The van der Waals surface area contributed by atoms with Crippen molar-refractivity contribution in [3.05, 3.63) is 90.0 Å². The van der Waals surface area contributed by atoms with Crippen LogP contribution < -0.4 is 10.1 Å². The highest BCUT2D eigenvalue weighted by Gasteiger charge is 2.36. The van der Waals surface area contributed by atoms with Crippen LogP contribution in [0, 0.1) is 0 Å². The number of aliphatic imine (C=N–C) groups is 1. The van der Waals surface area contributed by atoms with E-state index < -0.39 is 22.9 Å². The number of nitrogens with one attached hydrogen (secondary N) is 1. The van der Waals surface area contributed by atoms with E-state index in [0.717, 1.165) is 29.5 Å². The Kier molecular flexibility index (Phi) is 8.73. The first-order chi connectivity index (χ1) is 18.2. The molecule has 6 nitrogen and oxygen atoms in total. The Morgan fingerprint density at radius 2 is 1.82 bits per heavy atom. The summed E-state index contributed by atoms with van der Waals surface area (Å²) in [6.07, 6.45) is -4.07. The van der Waals surface area contributed by atoms with Crippen LogP contribution in [-0.4, -0.2) is 40.3 Å². The summed E-state index contributed by atoms with van der Waals surface area (Å²) >= 11 is 1.06. The van der Waals surface area contributed by atoms with E-state index in [-0.39, 0.29) is 29.7 Å². The number of rotatable bonds is 8. The van der Waals surface area contributed by atoms with Gasteiger partial charge in [-0.15, -0.1) is 0 Å². The standard InChI is InChI=1S/C28H26F3N3O3S/c1-2-37-23-13-11-21(12-14-23)32-26(36)24-18-25(35)34(16-15-19-7-4-3-5-8-19)27(38-24)33-22-10-6-9-20(17-22)28(29,30)31/h3-14,17,24H,2,15-16,18H2,1H3,(H,32,36). The number of benzene rings is 3. The molecule has 1 aliphatic rings. The van der Waals surface area contributed by atoms with E-state index in [9.17, 15) is 22.8 Å². The molecule has 4 rings (SSSR count). The number of hydrogen-bond donors (Lipinski definition) is 1. The number of carbonyl (C=O) groups excluding carboxylic acids is 2. The monoisotopic (exact) mass is 541 g/mol. The maximum Gasteiger partial charge on any atom is 0.416 e. The summed E-state index contributed by atoms with van der Waals surface area (Å²) < 4.78 is 45.2. The SMILES string of the molecule is CCOc1ccc(NC(=O)C2CC(=O)N(CCc3ccccc3)C(=Nc3cccc(C(F)(F)F)c3)S2)cc1. The van der Waals surface area contributed by atoms with E-state index in [1.165, 1.54) is 17.0 Å². The molecule has 0 aliphatic carbocycles. The molecule has 1 heterocycles. The number of anilines is 1. The van der Waals surface area contributed by atoms with Gasteiger partial charge in [0.25, 0.3) is 0 Å². The van der Waals surface area contributed by atoms with Crippen LogP contribution in [0.25, 0.3) is 0 Å². The van der Waals surface area contributed by atoms with Crippen LogP contribution in [0.1, 0.15) is 24.5 Å². The molecule has 1 aliphatic heterocycles. The molecular weight excluding hydrogens is 515 g/mol. The second kappa shape index (κ2) is 12.2. The van der Waals surface area contributed by atoms with Crippen LogP contribution in [-0.2, 0) is 22.2 Å². The number of ether oxygens (including phenoxy) is 1. The third-order valence-electron chi connectivity index (χ3n) is 5.73. The van der Waals surface area contributed by atoms with Gasteiger partial charge in [-0.05, 0) is 61.4 Å². The summed E-state index contributed by atoms with van der Waals surface area (Å²) in [6, 6.07) is 21.0. The smallest absolute Gasteiger partial charge is 0.416 e. The van der Waals surface area contributed by atoms with Crippen LogP contribution >= 0.6 is 11.8 Å². The molecule has 198 valence electrons. The summed E-state index contributed by atoms with van der Waals surface area (Å²) in [5.74, 6) is -0.0542. The average Bonchev–Trinajstić information content (AvgIpc) is 2.89. The molecule has 0 spiro atoms. The van der Waals surface area contributed by atoms with Gasteiger partial charge in [-0.1, -0.05) is 48.2 Å². The Morgan fingerprint density at radius 1 is 1.08 bits per heavy atom. The van der Waals surface area contributed by atoms with Crippen LogP contribution in [0.2, 0.25) is 0 Å². The van der Waals surface area contributed by atoms with Crippen molar-refractivity contribution in [3.8, 4) is 5.75 Å². The molecule has 1 atom stereocenters.